The number of carbonyl (C=O) groups excluding carboxylic acids is 2. The van der Waals surface area contributed by atoms with Crippen molar-refractivity contribution in [1.82, 2.24) is 20.2 Å². The van der Waals surface area contributed by atoms with Crippen LogP contribution in [0, 0.1) is 0 Å². The summed E-state index contributed by atoms with van der Waals surface area (Å²) in [5.74, 6) is 0.800. The maximum atomic E-state index is 13.0. The molecule has 138 valence electrons. The van der Waals surface area contributed by atoms with Crippen molar-refractivity contribution in [2.24, 2.45) is 0 Å². The van der Waals surface area contributed by atoms with Gasteiger partial charge in [0.05, 0.1) is 17.1 Å². The van der Waals surface area contributed by atoms with Crippen LogP contribution in [0.3, 0.4) is 0 Å². The lowest BCUT2D eigenvalue weighted by molar-refractivity contribution is -0.119. The summed E-state index contributed by atoms with van der Waals surface area (Å²) in [6, 6.07) is 15.3. The summed E-state index contributed by atoms with van der Waals surface area (Å²) in [4.78, 5) is 34.0. The molecule has 0 aliphatic carbocycles. The third-order valence-electron chi connectivity index (χ3n) is 4.98. The molecule has 1 aliphatic rings. The van der Waals surface area contributed by atoms with Gasteiger partial charge in [0.25, 0.3) is 5.91 Å². The molecule has 1 saturated heterocycles. The smallest absolute Gasteiger partial charge is 0.254 e. The molecule has 0 bridgehead atoms. The van der Waals surface area contributed by atoms with Crippen molar-refractivity contribution < 1.29 is 9.59 Å². The fraction of sp³-hybridized carbons (Fsp3) is 0.286. The minimum absolute atomic E-state index is 0.0176. The van der Waals surface area contributed by atoms with E-state index in [9.17, 15) is 9.59 Å². The molecule has 0 radical (unpaired) electrons. The zero-order valence-corrected chi connectivity index (χ0v) is 15.2. The van der Waals surface area contributed by atoms with Crippen LogP contribution in [0.4, 0.5) is 0 Å². The SMILES string of the molecule is CC(=O)NCc1ccc(C(=O)N2CCCC2c2nc3ccccc3[nH]2)cc1. The molecular weight excluding hydrogens is 340 g/mol. The average Bonchev–Trinajstić information content (AvgIpc) is 3.32. The molecule has 1 unspecified atom stereocenters. The number of H-pyrrole nitrogens is 1. The van der Waals surface area contributed by atoms with Crippen LogP contribution >= 0.6 is 0 Å². The molecule has 1 atom stereocenters. The lowest BCUT2D eigenvalue weighted by Crippen LogP contribution is -2.31. The highest BCUT2D eigenvalue weighted by molar-refractivity contribution is 5.94. The normalized spacial score (nSPS) is 16.6. The van der Waals surface area contributed by atoms with Crippen molar-refractivity contribution in [1.29, 1.82) is 0 Å². The third-order valence-corrected chi connectivity index (χ3v) is 4.98. The second-order valence-corrected chi connectivity index (χ2v) is 6.90. The number of aromatic amines is 1. The molecule has 6 nitrogen and oxygen atoms in total. The fourth-order valence-electron chi connectivity index (χ4n) is 3.58. The Hall–Kier alpha value is -3.15. The molecule has 1 aromatic heterocycles. The fourth-order valence-corrected chi connectivity index (χ4v) is 3.58. The maximum absolute atomic E-state index is 13.0. The summed E-state index contributed by atoms with van der Waals surface area (Å²) in [5.41, 5.74) is 3.55. The average molecular weight is 362 g/mol. The van der Waals surface area contributed by atoms with Crippen LogP contribution in [0.25, 0.3) is 11.0 Å². The van der Waals surface area contributed by atoms with Crippen LogP contribution in [-0.2, 0) is 11.3 Å². The predicted molar refractivity (Wildman–Crippen MR) is 103 cm³/mol. The van der Waals surface area contributed by atoms with Gasteiger partial charge in [0, 0.05) is 25.6 Å². The van der Waals surface area contributed by atoms with E-state index in [2.05, 4.69) is 15.3 Å². The Morgan fingerprint density at radius 3 is 2.70 bits per heavy atom. The van der Waals surface area contributed by atoms with Crippen molar-refractivity contribution in [3.05, 3.63) is 65.5 Å². The van der Waals surface area contributed by atoms with Crippen molar-refractivity contribution >= 4 is 22.8 Å². The van der Waals surface area contributed by atoms with E-state index in [1.165, 1.54) is 6.92 Å². The van der Waals surface area contributed by atoms with E-state index >= 15 is 0 Å². The minimum Gasteiger partial charge on any atom is -0.352 e. The van der Waals surface area contributed by atoms with Gasteiger partial charge in [-0.15, -0.1) is 0 Å². The van der Waals surface area contributed by atoms with Gasteiger partial charge in [-0.3, -0.25) is 9.59 Å². The van der Waals surface area contributed by atoms with Crippen LogP contribution in [0.5, 0.6) is 0 Å². The first-order valence-electron chi connectivity index (χ1n) is 9.21. The monoisotopic (exact) mass is 362 g/mol. The highest BCUT2D eigenvalue weighted by Crippen LogP contribution is 2.32. The Morgan fingerprint density at radius 1 is 1.19 bits per heavy atom. The summed E-state index contributed by atoms with van der Waals surface area (Å²) >= 11 is 0. The summed E-state index contributed by atoms with van der Waals surface area (Å²) in [6.07, 6.45) is 1.88. The van der Waals surface area contributed by atoms with E-state index < -0.39 is 0 Å². The second-order valence-electron chi connectivity index (χ2n) is 6.90. The zero-order chi connectivity index (χ0) is 18.8. The van der Waals surface area contributed by atoms with Crippen molar-refractivity contribution in [3.8, 4) is 0 Å². The summed E-state index contributed by atoms with van der Waals surface area (Å²) < 4.78 is 0. The van der Waals surface area contributed by atoms with E-state index in [1.807, 2.05) is 53.4 Å². The van der Waals surface area contributed by atoms with Crippen LogP contribution in [-0.4, -0.2) is 33.2 Å². The third kappa shape index (κ3) is 3.56. The molecule has 2 aromatic carbocycles. The molecule has 4 rings (SSSR count). The molecular formula is C21H22N4O2. The number of benzene rings is 2. The van der Waals surface area contributed by atoms with Gasteiger partial charge in [0.1, 0.15) is 5.82 Å². The Morgan fingerprint density at radius 2 is 1.96 bits per heavy atom. The van der Waals surface area contributed by atoms with Gasteiger partial charge in [0.2, 0.25) is 5.91 Å². The first-order chi connectivity index (χ1) is 13.1. The van der Waals surface area contributed by atoms with Gasteiger partial charge in [-0.2, -0.15) is 0 Å². The number of amides is 2. The van der Waals surface area contributed by atoms with E-state index in [4.69, 9.17) is 0 Å². The van der Waals surface area contributed by atoms with Gasteiger partial charge < -0.3 is 15.2 Å². The number of imidazole rings is 1. The number of hydrogen-bond donors (Lipinski definition) is 2. The molecule has 3 aromatic rings. The Bertz CT molecular complexity index is 944. The van der Waals surface area contributed by atoms with E-state index in [1.54, 1.807) is 0 Å². The summed E-state index contributed by atoms with van der Waals surface area (Å²) in [7, 11) is 0. The highest BCUT2D eigenvalue weighted by atomic mass is 16.2. The molecule has 0 spiro atoms. The molecule has 1 aliphatic heterocycles. The number of carbonyl (C=O) groups is 2. The Balaban J connectivity index is 1.52. The zero-order valence-electron chi connectivity index (χ0n) is 15.2. The molecule has 1 fully saturated rings. The maximum Gasteiger partial charge on any atom is 0.254 e. The minimum atomic E-state index is -0.0686. The van der Waals surface area contributed by atoms with E-state index in [0.717, 1.165) is 41.8 Å². The predicted octanol–water partition coefficient (Wildman–Crippen LogP) is 3.18. The number of likely N-dealkylation sites (tertiary alicyclic amines) is 1. The Kier molecular flexibility index (Phi) is 4.62. The van der Waals surface area contributed by atoms with Gasteiger partial charge in [0.15, 0.2) is 0 Å². The molecule has 27 heavy (non-hydrogen) atoms. The number of para-hydroxylation sites is 2. The summed E-state index contributed by atoms with van der Waals surface area (Å²) in [5, 5.41) is 2.76. The van der Waals surface area contributed by atoms with Crippen LogP contribution in [0.2, 0.25) is 0 Å². The quantitative estimate of drug-likeness (QED) is 0.748. The number of nitrogens with one attached hydrogen (secondary N) is 2. The molecule has 6 heteroatoms. The van der Waals surface area contributed by atoms with E-state index in [0.29, 0.717) is 12.1 Å². The van der Waals surface area contributed by atoms with Crippen molar-refractivity contribution in [3.63, 3.8) is 0 Å². The van der Waals surface area contributed by atoms with Crippen molar-refractivity contribution in [2.75, 3.05) is 6.54 Å². The van der Waals surface area contributed by atoms with Crippen LogP contribution in [0.1, 0.15) is 47.6 Å². The molecule has 2 amide bonds. The van der Waals surface area contributed by atoms with E-state index in [-0.39, 0.29) is 17.9 Å². The first kappa shape index (κ1) is 17.3. The Labute approximate surface area is 157 Å². The van der Waals surface area contributed by atoms with Crippen molar-refractivity contribution in [2.45, 2.75) is 32.4 Å². The largest absolute Gasteiger partial charge is 0.352 e. The van der Waals surface area contributed by atoms with Gasteiger partial charge >= 0.3 is 0 Å². The standard InChI is InChI=1S/C21H22N4O2/c1-14(26)22-13-15-8-10-16(11-9-15)21(27)25-12-4-7-19(25)20-23-17-5-2-3-6-18(17)24-20/h2-3,5-6,8-11,19H,4,7,12-13H2,1H3,(H,22,26)(H,23,24). The van der Waals surface area contributed by atoms with Crippen LogP contribution in [0.15, 0.2) is 48.5 Å². The second kappa shape index (κ2) is 7.23. The molecule has 2 N–H and O–H groups in total. The highest BCUT2D eigenvalue weighted by Gasteiger charge is 2.32. The number of rotatable bonds is 4. The topological polar surface area (TPSA) is 78.1 Å². The molecule has 2 heterocycles. The number of fused-ring (bicyclic) bond motifs is 1. The van der Waals surface area contributed by atoms with Gasteiger partial charge in [-0.25, -0.2) is 4.98 Å². The van der Waals surface area contributed by atoms with Gasteiger partial charge in [-0.05, 0) is 42.7 Å². The number of nitrogens with zero attached hydrogens (tertiary/aromatic N) is 2. The molecule has 0 saturated carbocycles. The lowest BCUT2D eigenvalue weighted by Gasteiger charge is -2.23. The summed E-state index contributed by atoms with van der Waals surface area (Å²) in [6.45, 7) is 2.69. The number of hydrogen-bond acceptors (Lipinski definition) is 3. The first-order valence-corrected chi connectivity index (χ1v) is 9.21. The van der Waals surface area contributed by atoms with Crippen LogP contribution < -0.4 is 5.32 Å². The lowest BCUT2D eigenvalue weighted by atomic mass is 10.1. The number of aromatic nitrogens is 2. The van der Waals surface area contributed by atoms with Gasteiger partial charge in [-0.1, -0.05) is 24.3 Å².